The van der Waals surface area contributed by atoms with E-state index in [-0.39, 0.29) is 18.3 Å². The van der Waals surface area contributed by atoms with Crippen LogP contribution in [0.2, 0.25) is 0 Å². The van der Waals surface area contributed by atoms with Crippen LogP contribution in [0.1, 0.15) is 51.4 Å². The van der Waals surface area contributed by atoms with Crippen molar-refractivity contribution in [2.75, 3.05) is 7.05 Å². The van der Waals surface area contributed by atoms with Crippen molar-refractivity contribution >= 4 is 18.3 Å². The van der Waals surface area contributed by atoms with Crippen molar-refractivity contribution in [1.29, 1.82) is 0 Å². The second-order valence-electron chi connectivity index (χ2n) is 5.22. The molecule has 16 heavy (non-hydrogen) atoms. The third-order valence-electron chi connectivity index (χ3n) is 4.11. The summed E-state index contributed by atoms with van der Waals surface area (Å²) in [4.78, 5) is 14.1. The van der Waals surface area contributed by atoms with Crippen LogP contribution in [0.3, 0.4) is 0 Å². The molecule has 0 aromatic rings. The summed E-state index contributed by atoms with van der Waals surface area (Å²) in [5.41, 5.74) is 5.55. The van der Waals surface area contributed by atoms with Crippen LogP contribution in [-0.4, -0.2) is 29.4 Å². The Bertz CT molecular complexity index is 247. The predicted molar refractivity (Wildman–Crippen MR) is 67.7 cm³/mol. The van der Waals surface area contributed by atoms with Gasteiger partial charge < -0.3 is 10.6 Å². The fraction of sp³-hybridized carbons (Fsp3) is 0.917. The molecule has 0 spiro atoms. The molecule has 0 atom stereocenters. The molecule has 2 rings (SSSR count). The minimum absolute atomic E-state index is 0. The average molecular weight is 247 g/mol. The predicted octanol–water partition coefficient (Wildman–Crippen LogP) is 2.08. The van der Waals surface area contributed by atoms with Gasteiger partial charge >= 0.3 is 0 Å². The van der Waals surface area contributed by atoms with Crippen molar-refractivity contribution < 1.29 is 4.79 Å². The Morgan fingerprint density at radius 1 is 1.19 bits per heavy atom. The molecule has 94 valence electrons. The number of rotatable bonds is 2. The topological polar surface area (TPSA) is 46.3 Å². The number of carbonyl (C=O) groups excluding carboxylic acids is 1. The SMILES string of the molecule is CN(C(=O)C1(N)CCC1)C1CCCCC1.Cl. The number of nitrogens with two attached hydrogens (primary N) is 1. The van der Waals surface area contributed by atoms with E-state index in [1.807, 2.05) is 11.9 Å². The number of carbonyl (C=O) groups is 1. The Kier molecular flexibility index (Phi) is 4.62. The van der Waals surface area contributed by atoms with E-state index in [0.717, 1.165) is 19.3 Å². The standard InChI is InChI=1S/C12H22N2O.ClH/c1-14(10-6-3-2-4-7-10)11(15)12(13)8-5-9-12;/h10H,2-9,13H2,1H3;1H. The van der Waals surface area contributed by atoms with Gasteiger partial charge in [-0.15, -0.1) is 12.4 Å². The number of amides is 1. The van der Waals surface area contributed by atoms with Crippen molar-refractivity contribution in [2.24, 2.45) is 5.73 Å². The van der Waals surface area contributed by atoms with Gasteiger partial charge in [-0.05, 0) is 32.1 Å². The third-order valence-corrected chi connectivity index (χ3v) is 4.11. The van der Waals surface area contributed by atoms with E-state index in [4.69, 9.17) is 5.73 Å². The molecule has 0 aromatic heterocycles. The van der Waals surface area contributed by atoms with E-state index in [2.05, 4.69) is 0 Å². The first kappa shape index (κ1) is 13.8. The van der Waals surface area contributed by atoms with Gasteiger partial charge in [0.1, 0.15) is 0 Å². The largest absolute Gasteiger partial charge is 0.341 e. The Labute approximate surface area is 104 Å². The lowest BCUT2D eigenvalue weighted by atomic mass is 9.76. The monoisotopic (exact) mass is 246 g/mol. The lowest BCUT2D eigenvalue weighted by Gasteiger charge is -2.42. The Morgan fingerprint density at radius 2 is 1.75 bits per heavy atom. The second-order valence-corrected chi connectivity index (χ2v) is 5.22. The highest BCUT2D eigenvalue weighted by Crippen LogP contribution is 2.32. The summed E-state index contributed by atoms with van der Waals surface area (Å²) >= 11 is 0. The fourth-order valence-corrected chi connectivity index (χ4v) is 2.76. The van der Waals surface area contributed by atoms with Crippen LogP contribution in [0.4, 0.5) is 0 Å². The van der Waals surface area contributed by atoms with Crippen LogP contribution in [0, 0.1) is 0 Å². The molecular weight excluding hydrogens is 224 g/mol. The van der Waals surface area contributed by atoms with Crippen LogP contribution in [-0.2, 0) is 4.79 Å². The van der Waals surface area contributed by atoms with Crippen molar-refractivity contribution in [3.05, 3.63) is 0 Å². The molecule has 2 fully saturated rings. The van der Waals surface area contributed by atoms with Crippen LogP contribution in [0.5, 0.6) is 0 Å². The van der Waals surface area contributed by atoms with Crippen molar-refractivity contribution in [1.82, 2.24) is 4.90 Å². The molecular formula is C12H23ClN2O. The zero-order chi connectivity index (χ0) is 10.9. The Hall–Kier alpha value is -0.280. The maximum atomic E-state index is 12.1. The van der Waals surface area contributed by atoms with Gasteiger partial charge in [-0.25, -0.2) is 0 Å². The van der Waals surface area contributed by atoms with E-state index < -0.39 is 5.54 Å². The van der Waals surface area contributed by atoms with E-state index >= 15 is 0 Å². The van der Waals surface area contributed by atoms with Crippen LogP contribution < -0.4 is 5.73 Å². The van der Waals surface area contributed by atoms with Crippen molar-refractivity contribution in [3.8, 4) is 0 Å². The summed E-state index contributed by atoms with van der Waals surface area (Å²) in [6, 6.07) is 0.451. The summed E-state index contributed by atoms with van der Waals surface area (Å²) < 4.78 is 0. The molecule has 0 heterocycles. The van der Waals surface area contributed by atoms with Gasteiger partial charge in [0.2, 0.25) is 5.91 Å². The molecule has 0 unspecified atom stereocenters. The molecule has 1 amide bonds. The van der Waals surface area contributed by atoms with Gasteiger partial charge in [0.15, 0.2) is 0 Å². The maximum absolute atomic E-state index is 12.1. The van der Waals surface area contributed by atoms with Crippen LogP contribution in [0.25, 0.3) is 0 Å². The molecule has 2 aliphatic carbocycles. The quantitative estimate of drug-likeness (QED) is 0.811. The molecule has 4 heteroatoms. The van der Waals surface area contributed by atoms with Gasteiger partial charge in [-0.3, -0.25) is 4.79 Å². The van der Waals surface area contributed by atoms with Crippen LogP contribution >= 0.6 is 12.4 Å². The first-order valence-corrected chi connectivity index (χ1v) is 6.20. The minimum Gasteiger partial charge on any atom is -0.341 e. The summed E-state index contributed by atoms with van der Waals surface area (Å²) in [6.07, 6.45) is 9.05. The zero-order valence-corrected chi connectivity index (χ0v) is 10.9. The van der Waals surface area contributed by atoms with Crippen LogP contribution in [0.15, 0.2) is 0 Å². The number of halogens is 1. The second kappa shape index (κ2) is 5.37. The summed E-state index contributed by atoms with van der Waals surface area (Å²) in [7, 11) is 1.94. The fourth-order valence-electron chi connectivity index (χ4n) is 2.76. The van der Waals surface area contributed by atoms with E-state index in [1.54, 1.807) is 0 Å². The highest BCUT2D eigenvalue weighted by molar-refractivity contribution is 5.87. The normalized spacial score (nSPS) is 24.1. The number of hydrogen-bond acceptors (Lipinski definition) is 2. The van der Waals surface area contributed by atoms with Crippen molar-refractivity contribution in [3.63, 3.8) is 0 Å². The highest BCUT2D eigenvalue weighted by Gasteiger charge is 2.43. The number of likely N-dealkylation sites (N-methyl/N-ethyl adjacent to an activating group) is 1. The van der Waals surface area contributed by atoms with Gasteiger partial charge in [0.05, 0.1) is 5.54 Å². The average Bonchev–Trinajstić information content (AvgIpc) is 2.25. The lowest BCUT2D eigenvalue weighted by molar-refractivity contribution is -0.141. The molecule has 0 aliphatic heterocycles. The van der Waals surface area contributed by atoms with E-state index in [9.17, 15) is 4.79 Å². The van der Waals surface area contributed by atoms with Gasteiger partial charge in [-0.2, -0.15) is 0 Å². The minimum atomic E-state index is -0.508. The first-order valence-electron chi connectivity index (χ1n) is 6.20. The maximum Gasteiger partial charge on any atom is 0.242 e. The third kappa shape index (κ3) is 2.51. The molecule has 0 saturated heterocycles. The number of nitrogens with zero attached hydrogens (tertiary/aromatic N) is 1. The van der Waals surface area contributed by atoms with E-state index in [1.165, 1.54) is 32.1 Å². The summed E-state index contributed by atoms with van der Waals surface area (Å²) in [5, 5.41) is 0. The van der Waals surface area contributed by atoms with Gasteiger partial charge in [0.25, 0.3) is 0 Å². The number of hydrogen-bond donors (Lipinski definition) is 1. The first-order chi connectivity index (χ1) is 7.13. The van der Waals surface area contributed by atoms with Gasteiger partial charge in [0, 0.05) is 13.1 Å². The molecule has 0 bridgehead atoms. The Morgan fingerprint density at radius 3 is 2.19 bits per heavy atom. The Balaban J connectivity index is 0.00000128. The zero-order valence-electron chi connectivity index (χ0n) is 10.1. The van der Waals surface area contributed by atoms with Gasteiger partial charge in [-0.1, -0.05) is 19.3 Å². The lowest BCUT2D eigenvalue weighted by Crippen LogP contribution is -2.60. The molecule has 3 nitrogen and oxygen atoms in total. The molecule has 2 aliphatic rings. The summed E-state index contributed by atoms with van der Waals surface area (Å²) in [5.74, 6) is 0.181. The molecule has 0 radical (unpaired) electrons. The molecule has 2 saturated carbocycles. The highest BCUT2D eigenvalue weighted by atomic mass is 35.5. The van der Waals surface area contributed by atoms with E-state index in [0.29, 0.717) is 6.04 Å². The van der Waals surface area contributed by atoms with Crippen molar-refractivity contribution in [2.45, 2.75) is 62.9 Å². The molecule has 2 N–H and O–H groups in total. The molecule has 0 aromatic carbocycles. The smallest absolute Gasteiger partial charge is 0.242 e. The summed E-state index contributed by atoms with van der Waals surface area (Å²) in [6.45, 7) is 0.